The number of unbranched alkanes of at least 4 members (excludes halogenated alkanes) is 3. The fraction of sp³-hybridized carbons (Fsp3) is 0.320. The fourth-order valence-electron chi connectivity index (χ4n) is 3.42. The maximum absolute atomic E-state index is 6.36. The average molecular weight is 389 g/mol. The van der Waals surface area contributed by atoms with Crippen LogP contribution < -0.4 is 5.73 Å². The van der Waals surface area contributed by atoms with Gasteiger partial charge in [-0.1, -0.05) is 88.1 Å². The van der Waals surface area contributed by atoms with E-state index in [1.165, 1.54) is 36.6 Å². The summed E-state index contributed by atoms with van der Waals surface area (Å²) in [5.74, 6) is 0.814. The topological polar surface area (TPSA) is 70.5 Å². The van der Waals surface area contributed by atoms with E-state index in [1.807, 2.05) is 42.7 Å². The number of hydrogen-bond acceptors (Lipinski definition) is 2. The molecule has 4 rings (SSSR count). The number of aromatic nitrogens is 3. The molecule has 4 aromatic rings. The second kappa shape index (κ2) is 10.6. The number of H-pyrrole nitrogens is 2. The molecule has 2 heterocycles. The number of nitrogens with zero attached hydrogens (tertiary/aromatic N) is 1. The lowest BCUT2D eigenvalue weighted by Gasteiger charge is -2.08. The molecule has 1 atom stereocenters. The Labute approximate surface area is 173 Å². The van der Waals surface area contributed by atoms with Crippen LogP contribution in [-0.4, -0.2) is 15.0 Å². The third-order valence-electron chi connectivity index (χ3n) is 5.10. The first-order chi connectivity index (χ1) is 14.2. The lowest BCUT2D eigenvalue weighted by atomic mass is 10.1. The summed E-state index contributed by atoms with van der Waals surface area (Å²) < 4.78 is 0. The molecular weight excluding hydrogens is 356 g/mol. The maximum atomic E-state index is 6.36. The van der Waals surface area contributed by atoms with E-state index in [4.69, 9.17) is 5.73 Å². The molecule has 0 fully saturated rings. The first-order valence-electron chi connectivity index (χ1n) is 10.6. The molecule has 0 aliphatic heterocycles. The zero-order chi connectivity index (χ0) is 20.5. The van der Waals surface area contributed by atoms with E-state index in [-0.39, 0.29) is 6.04 Å². The van der Waals surface area contributed by atoms with Gasteiger partial charge in [-0.15, -0.1) is 0 Å². The first-order valence-corrected chi connectivity index (χ1v) is 10.6. The van der Waals surface area contributed by atoms with E-state index in [0.717, 1.165) is 29.0 Å². The molecule has 4 N–H and O–H groups in total. The van der Waals surface area contributed by atoms with Gasteiger partial charge in [-0.3, -0.25) is 0 Å². The summed E-state index contributed by atoms with van der Waals surface area (Å²) in [6, 6.07) is 18.3. The zero-order valence-corrected chi connectivity index (χ0v) is 17.5. The summed E-state index contributed by atoms with van der Waals surface area (Å²) in [7, 11) is 0. The van der Waals surface area contributed by atoms with Gasteiger partial charge in [-0.25, -0.2) is 4.98 Å². The Kier molecular flexibility index (Phi) is 7.65. The molecule has 29 heavy (non-hydrogen) atoms. The number of rotatable bonds is 7. The zero-order valence-electron chi connectivity index (χ0n) is 17.5. The van der Waals surface area contributed by atoms with Crippen LogP contribution in [0.1, 0.15) is 57.0 Å². The Morgan fingerprint density at radius 1 is 0.931 bits per heavy atom. The summed E-state index contributed by atoms with van der Waals surface area (Å²) in [5, 5.41) is 1.22. The second-order valence-corrected chi connectivity index (χ2v) is 7.43. The van der Waals surface area contributed by atoms with Gasteiger partial charge in [0.15, 0.2) is 0 Å². The Hall–Kier alpha value is -2.85. The van der Waals surface area contributed by atoms with Crippen LogP contribution >= 0.6 is 0 Å². The van der Waals surface area contributed by atoms with Crippen LogP contribution in [0.3, 0.4) is 0 Å². The van der Waals surface area contributed by atoms with Gasteiger partial charge in [0.25, 0.3) is 0 Å². The van der Waals surface area contributed by atoms with Crippen molar-refractivity contribution in [3.63, 3.8) is 0 Å². The van der Waals surface area contributed by atoms with Gasteiger partial charge in [0, 0.05) is 17.1 Å². The normalized spacial score (nSPS) is 11.8. The molecule has 0 unspecified atom stereocenters. The number of para-hydroxylation sites is 1. The molecule has 4 nitrogen and oxygen atoms in total. The number of hydrogen-bond donors (Lipinski definition) is 3. The predicted molar refractivity (Wildman–Crippen MR) is 123 cm³/mol. The Balaban J connectivity index is 0.000000353. The van der Waals surface area contributed by atoms with Crippen molar-refractivity contribution in [2.75, 3.05) is 0 Å². The van der Waals surface area contributed by atoms with Crippen LogP contribution in [0.15, 0.2) is 67.0 Å². The quantitative estimate of drug-likeness (QED) is 0.321. The highest BCUT2D eigenvalue weighted by molar-refractivity contribution is 5.83. The molecule has 4 heteroatoms. The molecule has 0 saturated heterocycles. The van der Waals surface area contributed by atoms with Gasteiger partial charge < -0.3 is 15.7 Å². The fourth-order valence-corrected chi connectivity index (χ4v) is 3.42. The second-order valence-electron chi connectivity index (χ2n) is 7.43. The van der Waals surface area contributed by atoms with Crippen LogP contribution in [0.4, 0.5) is 0 Å². The third-order valence-corrected chi connectivity index (χ3v) is 5.10. The Morgan fingerprint density at radius 2 is 1.62 bits per heavy atom. The van der Waals surface area contributed by atoms with Gasteiger partial charge in [0.2, 0.25) is 0 Å². The number of aromatic amines is 2. The molecule has 0 aliphatic carbocycles. The van der Waals surface area contributed by atoms with Crippen molar-refractivity contribution in [3.8, 4) is 11.3 Å². The molecule has 0 bridgehead atoms. The average Bonchev–Trinajstić information content (AvgIpc) is 3.41. The third kappa shape index (κ3) is 5.58. The van der Waals surface area contributed by atoms with E-state index in [1.54, 1.807) is 0 Å². The van der Waals surface area contributed by atoms with Gasteiger partial charge in [0.1, 0.15) is 5.82 Å². The van der Waals surface area contributed by atoms with Crippen molar-refractivity contribution >= 4 is 10.9 Å². The molecule has 0 saturated carbocycles. The molecule has 2 aromatic carbocycles. The summed E-state index contributed by atoms with van der Waals surface area (Å²) in [4.78, 5) is 11.1. The lowest BCUT2D eigenvalue weighted by Crippen LogP contribution is -2.14. The van der Waals surface area contributed by atoms with Crippen molar-refractivity contribution in [3.05, 3.63) is 78.4 Å². The van der Waals surface area contributed by atoms with Crippen molar-refractivity contribution < 1.29 is 0 Å². The SMILES string of the molecule is CCCCCC.N[C@@H](Cc1c[nH]c2ccccc12)c1ncc(-c2ccccc2)[nH]1. The molecule has 0 amide bonds. The van der Waals surface area contributed by atoms with E-state index >= 15 is 0 Å². The Morgan fingerprint density at radius 3 is 2.34 bits per heavy atom. The van der Waals surface area contributed by atoms with E-state index < -0.39 is 0 Å². The predicted octanol–water partition coefficient (Wildman–Crippen LogP) is 6.39. The summed E-state index contributed by atoms with van der Waals surface area (Å²) in [6.45, 7) is 4.46. The number of imidazole rings is 1. The molecule has 0 radical (unpaired) electrons. The standard InChI is InChI=1S/C19H18N4.C6H14/c20-16(10-14-11-21-17-9-5-4-8-15(14)17)19-22-12-18(23-19)13-6-2-1-3-7-13;1-3-5-6-4-2/h1-9,11-12,16,21H,10,20H2,(H,22,23);3-6H2,1-2H3/t16-;/m0./s1. The highest BCUT2D eigenvalue weighted by atomic mass is 15.0. The minimum absolute atomic E-state index is 0.160. The van der Waals surface area contributed by atoms with Gasteiger partial charge >= 0.3 is 0 Å². The summed E-state index contributed by atoms with van der Waals surface area (Å²) in [5.41, 5.74) is 10.8. The smallest absolute Gasteiger partial charge is 0.123 e. The van der Waals surface area contributed by atoms with Crippen LogP contribution in [0.2, 0.25) is 0 Å². The summed E-state index contributed by atoms with van der Waals surface area (Å²) >= 11 is 0. The van der Waals surface area contributed by atoms with Crippen molar-refractivity contribution in [1.82, 2.24) is 15.0 Å². The van der Waals surface area contributed by atoms with E-state index in [2.05, 4.69) is 53.1 Å². The number of nitrogens with one attached hydrogen (secondary N) is 2. The Bertz CT molecular complexity index is 980. The van der Waals surface area contributed by atoms with Gasteiger partial charge in [0.05, 0.1) is 17.9 Å². The van der Waals surface area contributed by atoms with Gasteiger partial charge in [-0.05, 0) is 23.6 Å². The van der Waals surface area contributed by atoms with Crippen LogP contribution in [0.25, 0.3) is 22.2 Å². The monoisotopic (exact) mass is 388 g/mol. The number of benzene rings is 2. The van der Waals surface area contributed by atoms with Crippen molar-refractivity contribution in [1.29, 1.82) is 0 Å². The van der Waals surface area contributed by atoms with Crippen molar-refractivity contribution in [2.45, 2.75) is 52.0 Å². The highest BCUT2D eigenvalue weighted by Gasteiger charge is 2.14. The number of fused-ring (bicyclic) bond motifs is 1. The molecule has 0 spiro atoms. The van der Waals surface area contributed by atoms with E-state index in [9.17, 15) is 0 Å². The summed E-state index contributed by atoms with van der Waals surface area (Å²) in [6.07, 6.45) is 10.2. The van der Waals surface area contributed by atoms with Crippen molar-refractivity contribution in [2.24, 2.45) is 5.73 Å². The van der Waals surface area contributed by atoms with E-state index in [0.29, 0.717) is 0 Å². The van der Waals surface area contributed by atoms with Gasteiger partial charge in [-0.2, -0.15) is 0 Å². The van der Waals surface area contributed by atoms with Crippen LogP contribution in [0, 0.1) is 0 Å². The minimum Gasteiger partial charge on any atom is -0.361 e. The van der Waals surface area contributed by atoms with Crippen LogP contribution in [-0.2, 0) is 6.42 Å². The van der Waals surface area contributed by atoms with Crippen LogP contribution in [0.5, 0.6) is 0 Å². The lowest BCUT2D eigenvalue weighted by molar-refractivity contribution is 0.680. The number of nitrogens with two attached hydrogens (primary N) is 1. The molecule has 0 aliphatic rings. The maximum Gasteiger partial charge on any atom is 0.123 e. The molecule has 2 aromatic heterocycles. The first kappa shape index (κ1) is 20.9. The molecular formula is C25H32N4. The highest BCUT2D eigenvalue weighted by Crippen LogP contribution is 2.24. The minimum atomic E-state index is -0.160. The largest absolute Gasteiger partial charge is 0.361 e. The molecule has 152 valence electrons.